The summed E-state index contributed by atoms with van der Waals surface area (Å²) in [6, 6.07) is 20.9. The standard InChI is InChI=1S/C20H17N3O2S/c21-14-17-18(15-8-3-1-4-9-15)22-20(23-19(17)24)26-13-7-12-25-16-10-5-2-6-11-16/h1-6,8-11H,7,12-13H2,(H,22,23,24). The summed E-state index contributed by atoms with van der Waals surface area (Å²) in [4.78, 5) is 19.3. The van der Waals surface area contributed by atoms with Gasteiger partial charge >= 0.3 is 0 Å². The molecule has 0 saturated heterocycles. The van der Waals surface area contributed by atoms with Crippen LogP contribution in [0.1, 0.15) is 12.0 Å². The average molecular weight is 363 g/mol. The Hall–Kier alpha value is -3.04. The lowest BCUT2D eigenvalue weighted by Crippen LogP contribution is -2.15. The zero-order valence-corrected chi connectivity index (χ0v) is 14.8. The smallest absolute Gasteiger partial charge is 0.270 e. The number of hydrogen-bond donors (Lipinski definition) is 1. The first kappa shape index (κ1) is 17.8. The van der Waals surface area contributed by atoms with Crippen molar-refractivity contribution in [3.63, 3.8) is 0 Å². The molecule has 3 aromatic rings. The summed E-state index contributed by atoms with van der Waals surface area (Å²) in [6.45, 7) is 0.586. The number of hydrogen-bond acceptors (Lipinski definition) is 5. The highest BCUT2D eigenvalue weighted by Gasteiger charge is 2.13. The number of thioether (sulfide) groups is 1. The molecule has 2 aromatic carbocycles. The molecule has 5 nitrogen and oxygen atoms in total. The minimum absolute atomic E-state index is 0.0351. The van der Waals surface area contributed by atoms with Gasteiger partial charge < -0.3 is 9.72 Å². The van der Waals surface area contributed by atoms with Crippen molar-refractivity contribution < 1.29 is 4.74 Å². The summed E-state index contributed by atoms with van der Waals surface area (Å²) >= 11 is 1.44. The van der Waals surface area contributed by atoms with Crippen LogP contribution in [0.15, 0.2) is 70.6 Å². The van der Waals surface area contributed by atoms with Gasteiger partial charge in [0.05, 0.1) is 12.3 Å². The fraction of sp³-hybridized carbons (Fsp3) is 0.150. The van der Waals surface area contributed by atoms with Gasteiger partial charge in [0.15, 0.2) is 5.16 Å². The van der Waals surface area contributed by atoms with Crippen molar-refractivity contribution in [2.75, 3.05) is 12.4 Å². The minimum atomic E-state index is -0.413. The van der Waals surface area contributed by atoms with Crippen molar-refractivity contribution in [3.05, 3.63) is 76.6 Å². The van der Waals surface area contributed by atoms with E-state index in [0.717, 1.165) is 23.5 Å². The van der Waals surface area contributed by atoms with Crippen LogP contribution < -0.4 is 10.3 Å². The summed E-state index contributed by atoms with van der Waals surface area (Å²) in [5.74, 6) is 1.59. The van der Waals surface area contributed by atoms with Crippen LogP contribution >= 0.6 is 11.8 Å². The Labute approximate surface area is 155 Å². The molecule has 0 aliphatic heterocycles. The maximum atomic E-state index is 12.2. The number of nitrogens with zero attached hydrogens (tertiary/aromatic N) is 2. The van der Waals surface area contributed by atoms with Crippen LogP contribution in [0.2, 0.25) is 0 Å². The number of nitrogens with one attached hydrogen (secondary N) is 1. The van der Waals surface area contributed by atoms with Crippen LogP contribution in [0.25, 0.3) is 11.3 Å². The van der Waals surface area contributed by atoms with Crippen LogP contribution in [0.3, 0.4) is 0 Å². The predicted molar refractivity (Wildman–Crippen MR) is 102 cm³/mol. The second-order valence-electron chi connectivity index (χ2n) is 5.44. The Balaban J connectivity index is 1.64. The van der Waals surface area contributed by atoms with Crippen molar-refractivity contribution in [2.45, 2.75) is 11.6 Å². The Bertz CT molecular complexity index is 950. The van der Waals surface area contributed by atoms with E-state index >= 15 is 0 Å². The summed E-state index contributed by atoms with van der Waals surface area (Å²) in [5.41, 5.74) is 0.793. The fourth-order valence-corrected chi connectivity index (χ4v) is 3.14. The number of ether oxygens (including phenoxy) is 1. The lowest BCUT2D eigenvalue weighted by Gasteiger charge is -2.07. The third-order valence-corrected chi connectivity index (χ3v) is 4.56. The Morgan fingerprint density at radius 3 is 2.46 bits per heavy atom. The van der Waals surface area contributed by atoms with Gasteiger partial charge in [-0.1, -0.05) is 60.3 Å². The molecule has 0 fully saturated rings. The van der Waals surface area contributed by atoms with E-state index in [1.807, 2.05) is 66.7 Å². The van der Waals surface area contributed by atoms with Gasteiger partial charge in [-0.2, -0.15) is 5.26 Å². The van der Waals surface area contributed by atoms with Gasteiger partial charge in [-0.25, -0.2) is 4.98 Å². The Morgan fingerprint density at radius 1 is 1.08 bits per heavy atom. The van der Waals surface area contributed by atoms with E-state index in [-0.39, 0.29) is 5.56 Å². The number of para-hydroxylation sites is 1. The molecule has 0 unspecified atom stereocenters. The number of H-pyrrole nitrogens is 1. The summed E-state index contributed by atoms with van der Waals surface area (Å²) < 4.78 is 5.65. The molecule has 0 amide bonds. The second kappa shape index (κ2) is 8.88. The van der Waals surface area contributed by atoms with Crippen LogP contribution in [0.5, 0.6) is 5.75 Å². The van der Waals surface area contributed by atoms with Crippen LogP contribution in [-0.2, 0) is 0 Å². The average Bonchev–Trinajstić information content (AvgIpc) is 2.69. The first-order valence-electron chi connectivity index (χ1n) is 8.18. The number of rotatable bonds is 7. The van der Waals surface area contributed by atoms with Crippen LogP contribution in [-0.4, -0.2) is 22.3 Å². The molecule has 1 aromatic heterocycles. The highest BCUT2D eigenvalue weighted by molar-refractivity contribution is 7.99. The normalized spacial score (nSPS) is 10.3. The number of aromatic nitrogens is 2. The lowest BCUT2D eigenvalue weighted by atomic mass is 10.1. The van der Waals surface area contributed by atoms with Crippen LogP contribution in [0.4, 0.5) is 0 Å². The van der Waals surface area contributed by atoms with Crippen LogP contribution in [0, 0.1) is 11.3 Å². The molecular weight excluding hydrogens is 346 g/mol. The molecule has 6 heteroatoms. The van der Waals surface area contributed by atoms with Gasteiger partial charge in [0, 0.05) is 11.3 Å². The maximum absolute atomic E-state index is 12.2. The Morgan fingerprint density at radius 2 is 1.77 bits per heavy atom. The highest BCUT2D eigenvalue weighted by Crippen LogP contribution is 2.22. The van der Waals surface area contributed by atoms with Gasteiger partial charge in [0.25, 0.3) is 5.56 Å². The number of aromatic amines is 1. The van der Waals surface area contributed by atoms with E-state index in [9.17, 15) is 10.1 Å². The van der Waals surface area contributed by atoms with E-state index in [2.05, 4.69) is 9.97 Å². The molecule has 1 heterocycles. The molecule has 130 valence electrons. The summed E-state index contributed by atoms with van der Waals surface area (Å²) in [7, 11) is 0. The number of nitriles is 1. The molecule has 0 radical (unpaired) electrons. The van der Waals surface area contributed by atoms with Crippen molar-refractivity contribution in [1.29, 1.82) is 5.26 Å². The molecule has 0 spiro atoms. The van der Waals surface area contributed by atoms with Gasteiger partial charge in [-0.05, 0) is 18.6 Å². The van der Waals surface area contributed by atoms with Gasteiger partial charge in [0.2, 0.25) is 0 Å². The molecule has 0 saturated carbocycles. The fourth-order valence-electron chi connectivity index (χ4n) is 2.36. The molecule has 1 N–H and O–H groups in total. The molecule has 3 rings (SSSR count). The molecule has 0 bridgehead atoms. The number of benzene rings is 2. The van der Waals surface area contributed by atoms with Crippen molar-refractivity contribution in [3.8, 4) is 23.1 Å². The maximum Gasteiger partial charge on any atom is 0.270 e. The quantitative estimate of drug-likeness (QED) is 0.392. The molecule has 26 heavy (non-hydrogen) atoms. The SMILES string of the molecule is N#Cc1c(-c2ccccc2)nc(SCCCOc2ccccc2)[nH]c1=O. The van der Waals surface area contributed by atoms with Gasteiger partial charge in [-0.3, -0.25) is 4.79 Å². The molecule has 0 atom stereocenters. The van der Waals surface area contributed by atoms with Gasteiger partial charge in [0.1, 0.15) is 17.4 Å². The first-order valence-corrected chi connectivity index (χ1v) is 9.17. The third-order valence-electron chi connectivity index (χ3n) is 3.60. The Kier molecular flexibility index (Phi) is 6.07. The van der Waals surface area contributed by atoms with E-state index in [1.54, 1.807) is 0 Å². The highest BCUT2D eigenvalue weighted by atomic mass is 32.2. The monoisotopic (exact) mass is 363 g/mol. The molecule has 0 aliphatic rings. The lowest BCUT2D eigenvalue weighted by molar-refractivity contribution is 0.318. The topological polar surface area (TPSA) is 78.8 Å². The minimum Gasteiger partial charge on any atom is -0.494 e. The molecular formula is C20H17N3O2S. The second-order valence-corrected chi connectivity index (χ2v) is 6.52. The zero-order valence-electron chi connectivity index (χ0n) is 14.0. The third kappa shape index (κ3) is 4.52. The van der Waals surface area contributed by atoms with E-state index < -0.39 is 5.56 Å². The van der Waals surface area contributed by atoms with E-state index in [0.29, 0.717) is 17.5 Å². The summed E-state index contributed by atoms with van der Waals surface area (Å²) in [5, 5.41) is 9.78. The largest absolute Gasteiger partial charge is 0.494 e. The zero-order chi connectivity index (χ0) is 18.2. The summed E-state index contributed by atoms with van der Waals surface area (Å²) in [6.07, 6.45) is 0.809. The van der Waals surface area contributed by atoms with E-state index in [4.69, 9.17) is 4.74 Å². The van der Waals surface area contributed by atoms with Crippen molar-refractivity contribution >= 4 is 11.8 Å². The van der Waals surface area contributed by atoms with Crippen molar-refractivity contribution in [1.82, 2.24) is 9.97 Å². The first-order chi connectivity index (χ1) is 12.8. The van der Waals surface area contributed by atoms with Crippen molar-refractivity contribution in [2.24, 2.45) is 0 Å². The van der Waals surface area contributed by atoms with Gasteiger partial charge in [-0.15, -0.1) is 0 Å². The predicted octanol–water partition coefficient (Wildman–Crippen LogP) is 3.87. The molecule has 0 aliphatic carbocycles. The van der Waals surface area contributed by atoms with E-state index in [1.165, 1.54) is 11.8 Å².